The Morgan fingerprint density at radius 3 is 1.77 bits per heavy atom. The Balaban J connectivity index is 2.36. The molecule has 222 valence electrons. The van der Waals surface area contributed by atoms with E-state index in [4.69, 9.17) is 8.85 Å². The van der Waals surface area contributed by atoms with Gasteiger partial charge in [0.25, 0.3) is 8.32 Å². The number of allylic oxidation sites excluding steroid dienone is 3. The van der Waals surface area contributed by atoms with E-state index in [0.717, 1.165) is 25.9 Å². The van der Waals surface area contributed by atoms with Crippen molar-refractivity contribution in [3.8, 4) is 0 Å². The highest BCUT2D eigenvalue weighted by Crippen LogP contribution is 2.39. The smallest absolute Gasteiger partial charge is 0.261 e. The zero-order valence-electron chi connectivity index (χ0n) is 27.1. The van der Waals surface area contributed by atoms with Crippen LogP contribution in [0, 0.1) is 0 Å². The largest absolute Gasteiger partial charge is 0.417 e. The fourth-order valence-corrected chi connectivity index (χ4v) is 10.8. The van der Waals surface area contributed by atoms with Gasteiger partial charge in [-0.3, -0.25) is 0 Å². The van der Waals surface area contributed by atoms with Gasteiger partial charge in [-0.25, -0.2) is 0 Å². The second kappa shape index (κ2) is 16.1. The molecule has 0 saturated heterocycles. The maximum absolute atomic E-state index is 7.55. The number of unbranched alkanes of at least 4 members (excludes halogenated alkanes) is 3. The lowest BCUT2D eigenvalue weighted by Crippen LogP contribution is -2.67. The average Bonchev–Trinajstić information content (AvgIpc) is 2.90. The number of benzene rings is 2. The summed E-state index contributed by atoms with van der Waals surface area (Å²) in [5.74, 6) is 0. The first kappa shape index (κ1) is 34.5. The minimum atomic E-state index is -2.63. The highest BCUT2D eigenvalue weighted by molar-refractivity contribution is 6.99. The number of hydrogen-bond acceptors (Lipinski definition) is 2. The van der Waals surface area contributed by atoms with Gasteiger partial charge in [-0.15, -0.1) is 0 Å². The molecule has 0 heterocycles. The summed E-state index contributed by atoms with van der Waals surface area (Å²) < 4.78 is 14.2. The summed E-state index contributed by atoms with van der Waals surface area (Å²) in [6, 6.07) is 22.0. The average molecular weight is 579 g/mol. The van der Waals surface area contributed by atoms with Crippen LogP contribution in [0.4, 0.5) is 0 Å². The van der Waals surface area contributed by atoms with Crippen LogP contribution >= 0.6 is 0 Å². The molecule has 2 aromatic carbocycles. The van der Waals surface area contributed by atoms with E-state index in [9.17, 15) is 0 Å². The van der Waals surface area contributed by atoms with Gasteiger partial charge in [0.2, 0.25) is 0 Å². The van der Waals surface area contributed by atoms with Crippen molar-refractivity contribution in [2.45, 2.75) is 123 Å². The van der Waals surface area contributed by atoms with Crippen molar-refractivity contribution in [1.82, 2.24) is 0 Å². The molecule has 0 saturated carbocycles. The van der Waals surface area contributed by atoms with Gasteiger partial charge < -0.3 is 8.85 Å². The standard InChI is InChI=1S/C36H58O2Si2/c1-10-11-12-13-14-15-16-17-20-25-32(30-31-37-39(8,9)35(2,3)4)38-40(36(5,6)7,33-26-21-18-22-27-33)34-28-23-19-24-29-34/h14-15,17-24,26-29,32H,10-13,16,25,30-31H2,1-9H3/b15-14-,20-17-. The molecule has 0 radical (unpaired) electrons. The van der Waals surface area contributed by atoms with Crippen molar-refractivity contribution in [3.05, 3.63) is 85.0 Å². The monoisotopic (exact) mass is 578 g/mol. The maximum Gasteiger partial charge on any atom is 0.261 e. The number of hydrogen-bond donors (Lipinski definition) is 0. The van der Waals surface area contributed by atoms with E-state index >= 15 is 0 Å². The van der Waals surface area contributed by atoms with E-state index in [1.807, 2.05) is 0 Å². The van der Waals surface area contributed by atoms with Crippen molar-refractivity contribution < 1.29 is 8.85 Å². The summed E-state index contributed by atoms with van der Waals surface area (Å²) in [4.78, 5) is 0. The summed E-state index contributed by atoms with van der Waals surface area (Å²) in [5.41, 5.74) is 0. The first-order chi connectivity index (χ1) is 18.8. The molecular weight excluding hydrogens is 521 g/mol. The van der Waals surface area contributed by atoms with Crippen molar-refractivity contribution in [3.63, 3.8) is 0 Å². The molecule has 2 nitrogen and oxygen atoms in total. The third kappa shape index (κ3) is 9.97. The molecular formula is C36H58O2Si2. The Hall–Kier alpha value is -1.73. The van der Waals surface area contributed by atoms with Gasteiger partial charge in [0.15, 0.2) is 8.32 Å². The molecule has 0 fully saturated rings. The maximum atomic E-state index is 7.55. The van der Waals surface area contributed by atoms with Crippen LogP contribution < -0.4 is 10.4 Å². The summed E-state index contributed by atoms with van der Waals surface area (Å²) in [6.07, 6.45) is 17.2. The molecule has 0 bridgehead atoms. The molecule has 0 amide bonds. The first-order valence-corrected chi connectivity index (χ1v) is 20.4. The Morgan fingerprint density at radius 1 is 0.725 bits per heavy atom. The predicted molar refractivity (Wildman–Crippen MR) is 182 cm³/mol. The van der Waals surface area contributed by atoms with Gasteiger partial charge in [0, 0.05) is 6.61 Å². The molecule has 0 aliphatic rings. The topological polar surface area (TPSA) is 18.5 Å². The summed E-state index contributed by atoms with van der Waals surface area (Å²) in [5, 5.41) is 2.83. The third-order valence-corrected chi connectivity index (χ3v) is 18.1. The fraction of sp³-hybridized carbons (Fsp3) is 0.556. The van der Waals surface area contributed by atoms with E-state index in [1.165, 1.54) is 36.1 Å². The zero-order chi connectivity index (χ0) is 29.7. The Kier molecular flexibility index (Phi) is 13.8. The van der Waals surface area contributed by atoms with Crippen LogP contribution in [0.5, 0.6) is 0 Å². The van der Waals surface area contributed by atoms with Crippen LogP contribution in [0.1, 0.15) is 93.4 Å². The normalized spacial score (nSPS) is 14.3. The molecule has 2 aromatic rings. The molecule has 1 unspecified atom stereocenters. The van der Waals surface area contributed by atoms with E-state index in [2.05, 4.69) is 147 Å². The van der Waals surface area contributed by atoms with Crippen LogP contribution in [0.15, 0.2) is 85.0 Å². The summed E-state index contributed by atoms with van der Waals surface area (Å²) in [6.45, 7) is 21.7. The molecule has 40 heavy (non-hydrogen) atoms. The molecule has 0 spiro atoms. The van der Waals surface area contributed by atoms with Crippen LogP contribution in [0.25, 0.3) is 0 Å². The fourth-order valence-electron chi connectivity index (χ4n) is 4.98. The SMILES string of the molecule is CCCCC/C=C\C/C=C\CC(CCO[Si](C)(C)C(C)(C)C)O[Si](c1ccccc1)(c1ccccc1)C(C)(C)C. The molecule has 2 rings (SSSR count). The Morgan fingerprint density at radius 2 is 1.27 bits per heavy atom. The van der Waals surface area contributed by atoms with E-state index in [-0.39, 0.29) is 16.2 Å². The van der Waals surface area contributed by atoms with Crippen LogP contribution in [-0.2, 0) is 8.85 Å². The lowest BCUT2D eigenvalue weighted by atomic mass is 10.1. The molecule has 0 N–H and O–H groups in total. The molecule has 0 aliphatic carbocycles. The second-order valence-corrected chi connectivity index (χ2v) is 22.8. The molecule has 0 aliphatic heterocycles. The van der Waals surface area contributed by atoms with Gasteiger partial charge in [-0.1, -0.05) is 146 Å². The summed E-state index contributed by atoms with van der Waals surface area (Å²) in [7, 11) is -4.46. The van der Waals surface area contributed by atoms with Crippen LogP contribution in [-0.4, -0.2) is 29.3 Å². The Bertz CT molecular complexity index is 975. The van der Waals surface area contributed by atoms with E-state index < -0.39 is 16.6 Å². The third-order valence-electron chi connectivity index (χ3n) is 8.45. The number of rotatable bonds is 16. The quantitative estimate of drug-likeness (QED) is 0.112. The first-order valence-electron chi connectivity index (χ1n) is 15.6. The van der Waals surface area contributed by atoms with Gasteiger partial charge in [-0.2, -0.15) is 0 Å². The summed E-state index contributed by atoms with van der Waals surface area (Å²) >= 11 is 0. The van der Waals surface area contributed by atoms with Gasteiger partial charge in [0.1, 0.15) is 0 Å². The van der Waals surface area contributed by atoms with Crippen molar-refractivity contribution in [1.29, 1.82) is 0 Å². The van der Waals surface area contributed by atoms with Crippen LogP contribution in [0.3, 0.4) is 0 Å². The zero-order valence-corrected chi connectivity index (χ0v) is 29.1. The van der Waals surface area contributed by atoms with E-state index in [1.54, 1.807) is 0 Å². The minimum Gasteiger partial charge on any atom is -0.417 e. The van der Waals surface area contributed by atoms with E-state index in [0.29, 0.717) is 0 Å². The van der Waals surface area contributed by atoms with Crippen molar-refractivity contribution >= 4 is 27.0 Å². The predicted octanol–water partition coefficient (Wildman–Crippen LogP) is 9.82. The van der Waals surface area contributed by atoms with Gasteiger partial charge in [0.05, 0.1) is 6.10 Å². The second-order valence-electron chi connectivity index (χ2n) is 13.7. The van der Waals surface area contributed by atoms with Gasteiger partial charge in [-0.05, 0) is 65.6 Å². The van der Waals surface area contributed by atoms with Crippen LogP contribution in [0.2, 0.25) is 23.2 Å². The molecule has 1 atom stereocenters. The highest BCUT2D eigenvalue weighted by Gasteiger charge is 2.51. The van der Waals surface area contributed by atoms with Crippen molar-refractivity contribution in [2.75, 3.05) is 6.61 Å². The molecule has 0 aromatic heterocycles. The Labute approximate surface area is 249 Å². The van der Waals surface area contributed by atoms with Crippen molar-refractivity contribution in [2.24, 2.45) is 0 Å². The highest BCUT2D eigenvalue weighted by atomic mass is 28.4. The lowest BCUT2D eigenvalue weighted by Gasteiger charge is -2.45. The lowest BCUT2D eigenvalue weighted by molar-refractivity contribution is 0.148. The molecule has 4 heteroatoms. The minimum absolute atomic E-state index is 0.0425. The van der Waals surface area contributed by atoms with Gasteiger partial charge >= 0.3 is 0 Å².